The second-order valence-corrected chi connectivity index (χ2v) is 9.27. The fourth-order valence-corrected chi connectivity index (χ4v) is 4.80. The molecule has 0 heterocycles. The topological polar surface area (TPSA) is 81.7 Å². The zero-order chi connectivity index (χ0) is 23.0. The molecule has 1 aromatic rings. The quantitative estimate of drug-likeness (QED) is 0.438. The molecule has 0 saturated carbocycles. The van der Waals surface area contributed by atoms with Crippen LogP contribution in [0.4, 0.5) is 0 Å². The molecule has 6 nitrogen and oxygen atoms in total. The van der Waals surface area contributed by atoms with Crippen LogP contribution in [0.25, 0.3) is 11.1 Å². The minimum atomic E-state index is -3.65. The molecule has 0 spiro atoms. The monoisotopic (exact) mass is 455 g/mol. The van der Waals surface area contributed by atoms with Gasteiger partial charge >= 0.3 is 5.97 Å². The van der Waals surface area contributed by atoms with Gasteiger partial charge in [0.2, 0.25) is 10.0 Å². The van der Waals surface area contributed by atoms with Crippen LogP contribution in [0.5, 0.6) is 5.75 Å². The molecule has 0 atom stereocenters. The van der Waals surface area contributed by atoms with Gasteiger partial charge in [0.1, 0.15) is 5.75 Å². The molecule has 2 aliphatic rings. The first kappa shape index (κ1) is 23.8. The van der Waals surface area contributed by atoms with Gasteiger partial charge in [-0.05, 0) is 54.2 Å². The van der Waals surface area contributed by atoms with Gasteiger partial charge in [-0.3, -0.25) is 0 Å². The summed E-state index contributed by atoms with van der Waals surface area (Å²) in [6.45, 7) is 2.25. The van der Waals surface area contributed by atoms with Crippen LogP contribution in [-0.2, 0) is 32.4 Å². The molecule has 0 aromatic heterocycles. The number of carbonyl (C=O) groups is 1. The summed E-state index contributed by atoms with van der Waals surface area (Å²) in [5.74, 6) is 0.102. The number of nitrogens with one attached hydrogen (secondary N) is 1. The lowest BCUT2D eigenvalue weighted by atomic mass is 10.1. The molecule has 0 unspecified atom stereocenters. The van der Waals surface area contributed by atoms with Crippen molar-refractivity contribution in [3.63, 3.8) is 0 Å². The van der Waals surface area contributed by atoms with Crippen LogP contribution in [0.3, 0.4) is 0 Å². The molecule has 3 rings (SSSR count). The van der Waals surface area contributed by atoms with E-state index in [0.717, 1.165) is 41.5 Å². The first-order valence-corrected chi connectivity index (χ1v) is 12.2. The molecular weight excluding hydrogens is 426 g/mol. The maximum atomic E-state index is 13.1. The lowest BCUT2D eigenvalue weighted by molar-refractivity contribution is -0.142. The molecule has 1 N–H and O–H groups in total. The van der Waals surface area contributed by atoms with Gasteiger partial charge in [-0.2, -0.15) is 0 Å². The van der Waals surface area contributed by atoms with Gasteiger partial charge < -0.3 is 9.47 Å². The molecule has 0 radical (unpaired) electrons. The summed E-state index contributed by atoms with van der Waals surface area (Å²) in [4.78, 5) is 11.5. The van der Waals surface area contributed by atoms with Crippen molar-refractivity contribution in [2.75, 3.05) is 20.3 Å². The van der Waals surface area contributed by atoms with Crippen LogP contribution in [0.1, 0.15) is 30.9 Å². The Bertz CT molecular complexity index is 1110. The van der Waals surface area contributed by atoms with Crippen molar-refractivity contribution in [2.24, 2.45) is 0 Å². The van der Waals surface area contributed by atoms with Crippen LogP contribution < -0.4 is 9.46 Å². The third-order valence-corrected chi connectivity index (χ3v) is 6.76. The Morgan fingerprint density at radius 1 is 0.969 bits per heavy atom. The smallest absolute Gasteiger partial charge is 0.343 e. The Balaban J connectivity index is 1.66. The van der Waals surface area contributed by atoms with Crippen molar-refractivity contribution in [2.45, 2.75) is 37.5 Å². The number of esters is 1. The summed E-state index contributed by atoms with van der Waals surface area (Å²) in [7, 11) is -2.34. The summed E-state index contributed by atoms with van der Waals surface area (Å²) in [5.41, 5.74) is 3.77. The fraction of sp³-hybridized carbons (Fsp3) is 0.320. The van der Waals surface area contributed by atoms with Gasteiger partial charge in [-0.25, -0.2) is 17.9 Å². The second kappa shape index (κ2) is 11.1. The maximum Gasteiger partial charge on any atom is 0.343 e. The Morgan fingerprint density at radius 3 is 2.38 bits per heavy atom. The molecule has 0 bridgehead atoms. The average molecular weight is 456 g/mol. The van der Waals surface area contributed by atoms with E-state index in [1.807, 2.05) is 48.5 Å². The fourth-order valence-electron chi connectivity index (χ4n) is 3.51. The first-order chi connectivity index (χ1) is 15.4. The largest absolute Gasteiger partial charge is 0.482 e. The van der Waals surface area contributed by atoms with Crippen molar-refractivity contribution in [1.29, 1.82) is 0 Å². The van der Waals surface area contributed by atoms with Gasteiger partial charge in [0.15, 0.2) is 6.61 Å². The van der Waals surface area contributed by atoms with Crippen molar-refractivity contribution in [1.82, 2.24) is 4.72 Å². The summed E-state index contributed by atoms with van der Waals surface area (Å²) in [6.07, 6.45) is 3.46. The number of hydrogen-bond acceptors (Lipinski definition) is 5. The van der Waals surface area contributed by atoms with E-state index in [4.69, 9.17) is 4.74 Å². The highest BCUT2D eigenvalue weighted by Crippen LogP contribution is 2.35. The highest BCUT2D eigenvalue weighted by atomic mass is 32.2. The van der Waals surface area contributed by atoms with Crippen LogP contribution in [0.15, 0.2) is 65.6 Å². The van der Waals surface area contributed by atoms with E-state index < -0.39 is 16.0 Å². The minimum absolute atomic E-state index is 0.152. The van der Waals surface area contributed by atoms with Crippen LogP contribution in [-0.4, -0.2) is 34.6 Å². The number of rotatable bonds is 11. The van der Waals surface area contributed by atoms with E-state index in [1.54, 1.807) is 12.1 Å². The van der Waals surface area contributed by atoms with E-state index in [-0.39, 0.29) is 13.2 Å². The summed E-state index contributed by atoms with van der Waals surface area (Å²) in [6, 6.07) is 18.6. The number of benzene rings is 1. The van der Waals surface area contributed by atoms with Crippen molar-refractivity contribution < 1.29 is 22.7 Å². The van der Waals surface area contributed by atoms with Gasteiger partial charge in [-0.15, -0.1) is 0 Å². The zero-order valence-corrected chi connectivity index (χ0v) is 19.3. The predicted octanol–water partition coefficient (Wildman–Crippen LogP) is 4.21. The second-order valence-electron chi connectivity index (χ2n) is 7.53. The lowest BCUT2D eigenvalue weighted by Crippen LogP contribution is -2.26. The van der Waals surface area contributed by atoms with E-state index in [1.165, 1.54) is 7.11 Å². The molecular formula is C25H29NO5S. The van der Waals surface area contributed by atoms with Crippen LogP contribution in [0, 0.1) is 0 Å². The molecule has 2 aliphatic carbocycles. The standard InChI is InChI=1S/C25H29NO5S/c1-3-4-8-20-17-24(23-10-7-5-6-9-22(20)23)32(28,29)26-16-15-19-11-13-21(14-12-19)31-18-25(27)30-2/h5-7,9-14,17,26H,3-4,8,15-16,18H2,1-2H3. The summed E-state index contributed by atoms with van der Waals surface area (Å²) < 4.78 is 38.8. The molecule has 1 aromatic carbocycles. The van der Waals surface area contributed by atoms with Crippen molar-refractivity contribution in [3.05, 3.63) is 71.8 Å². The number of aryl methyl sites for hydroxylation is 1. The number of unbranched alkanes of at least 4 members (excludes halogenated alkanes) is 1. The van der Waals surface area contributed by atoms with Crippen LogP contribution >= 0.6 is 0 Å². The van der Waals surface area contributed by atoms with E-state index in [9.17, 15) is 13.2 Å². The molecule has 0 fully saturated rings. The minimum Gasteiger partial charge on any atom is -0.482 e. The highest BCUT2D eigenvalue weighted by Gasteiger charge is 2.24. The van der Waals surface area contributed by atoms with E-state index in [0.29, 0.717) is 17.1 Å². The molecule has 0 aliphatic heterocycles. The van der Waals surface area contributed by atoms with Gasteiger partial charge in [-0.1, -0.05) is 55.8 Å². The van der Waals surface area contributed by atoms with Gasteiger partial charge in [0.05, 0.1) is 12.0 Å². The first-order valence-electron chi connectivity index (χ1n) is 10.7. The van der Waals surface area contributed by atoms with Crippen molar-refractivity contribution in [3.8, 4) is 16.9 Å². The Hall–Kier alpha value is -2.90. The molecule has 7 heteroatoms. The number of carbonyl (C=O) groups excluding carboxylic acids is 1. The number of ether oxygens (including phenoxy) is 2. The normalized spacial score (nSPS) is 11.4. The van der Waals surface area contributed by atoms with Crippen LogP contribution in [0.2, 0.25) is 0 Å². The number of sulfonamides is 1. The Morgan fingerprint density at radius 2 is 1.69 bits per heavy atom. The molecule has 0 amide bonds. The van der Waals surface area contributed by atoms with Crippen molar-refractivity contribution >= 4 is 16.0 Å². The Labute approximate surface area is 190 Å². The number of fused-ring (bicyclic) bond motifs is 1. The summed E-state index contributed by atoms with van der Waals surface area (Å²) >= 11 is 0. The highest BCUT2D eigenvalue weighted by molar-refractivity contribution is 7.89. The predicted molar refractivity (Wildman–Crippen MR) is 125 cm³/mol. The van der Waals surface area contributed by atoms with Gasteiger partial charge in [0, 0.05) is 12.1 Å². The average Bonchev–Trinajstić information content (AvgIpc) is 2.97. The third kappa shape index (κ3) is 6.08. The number of methoxy groups -OCH3 is 1. The molecule has 0 saturated heterocycles. The zero-order valence-electron chi connectivity index (χ0n) is 18.5. The summed E-state index contributed by atoms with van der Waals surface area (Å²) in [5, 5.41) is 0. The van der Waals surface area contributed by atoms with Gasteiger partial charge in [0.25, 0.3) is 0 Å². The lowest BCUT2D eigenvalue weighted by Gasteiger charge is -2.08. The molecule has 32 heavy (non-hydrogen) atoms. The number of hydrogen-bond donors (Lipinski definition) is 1. The molecule has 170 valence electrons. The van der Waals surface area contributed by atoms with E-state index >= 15 is 0 Å². The maximum absolute atomic E-state index is 13.1. The van der Waals surface area contributed by atoms with E-state index in [2.05, 4.69) is 16.4 Å². The Kier molecular flexibility index (Phi) is 8.25. The SMILES string of the molecule is CCCCc1cc(S(=O)(=O)NCCc2ccc(OCC(=O)OC)cc2)c2cccccc1-2. The third-order valence-electron chi connectivity index (χ3n) is 5.26.